The van der Waals surface area contributed by atoms with Gasteiger partial charge in [0.05, 0.1) is 6.10 Å². The maximum absolute atomic E-state index is 12.5. The van der Waals surface area contributed by atoms with Gasteiger partial charge < -0.3 is 24.4 Å². The number of esters is 1. The number of phenols is 2. The Balaban J connectivity index is 1.90. The van der Waals surface area contributed by atoms with E-state index < -0.39 is 11.8 Å². The molecular weight excluding hydrogens is 348 g/mol. The normalized spacial score (nSPS) is 30.5. The second-order valence-electron chi connectivity index (χ2n) is 7.43. The Morgan fingerprint density at radius 3 is 2.70 bits per heavy atom. The van der Waals surface area contributed by atoms with E-state index in [1.165, 1.54) is 6.07 Å². The molecule has 0 aliphatic carbocycles. The molecule has 1 saturated heterocycles. The summed E-state index contributed by atoms with van der Waals surface area (Å²) in [5.74, 6) is -1.68. The van der Waals surface area contributed by atoms with Crippen molar-refractivity contribution in [2.75, 3.05) is 0 Å². The number of benzene rings is 1. The largest absolute Gasteiger partial charge is 0.508 e. The molecule has 1 aromatic rings. The zero-order valence-electron chi connectivity index (χ0n) is 15.8. The van der Waals surface area contributed by atoms with Crippen molar-refractivity contribution in [3.63, 3.8) is 0 Å². The molecule has 0 bridgehead atoms. The standard InChI is InChI=1S/C21H26O6/c1-13-7-6-10-18-17(26-21(2,3)27-18)9-5-4-8-14-11-15(22)12-16(23)19(14)20(24)25-13/h4,6,8,10-13,17-18,22-23H,5,7,9H2,1-3H3/b8-4+,10-6+/t13-,17-,18+/m0/s1. The number of fused-ring (bicyclic) bond motifs is 2. The Morgan fingerprint density at radius 2 is 1.93 bits per heavy atom. The quantitative estimate of drug-likeness (QED) is 0.529. The summed E-state index contributed by atoms with van der Waals surface area (Å²) >= 11 is 0. The monoisotopic (exact) mass is 374 g/mol. The van der Waals surface area contributed by atoms with Gasteiger partial charge in [0.25, 0.3) is 0 Å². The molecule has 27 heavy (non-hydrogen) atoms. The first-order chi connectivity index (χ1) is 12.7. The van der Waals surface area contributed by atoms with Crippen molar-refractivity contribution in [1.82, 2.24) is 0 Å². The van der Waals surface area contributed by atoms with Gasteiger partial charge in [-0.15, -0.1) is 0 Å². The molecule has 1 aromatic carbocycles. The molecule has 0 saturated carbocycles. The number of carbonyl (C=O) groups excluding carboxylic acids is 1. The molecule has 0 amide bonds. The number of allylic oxidation sites excluding steroid dienone is 1. The van der Waals surface area contributed by atoms with Crippen LogP contribution in [-0.4, -0.2) is 40.3 Å². The number of hydrogen-bond donors (Lipinski definition) is 2. The van der Waals surface area contributed by atoms with Crippen molar-refractivity contribution < 1.29 is 29.2 Å². The summed E-state index contributed by atoms with van der Waals surface area (Å²) in [7, 11) is 0. The van der Waals surface area contributed by atoms with Crippen molar-refractivity contribution in [2.45, 2.75) is 64.1 Å². The first-order valence-electron chi connectivity index (χ1n) is 9.21. The van der Waals surface area contributed by atoms with Gasteiger partial charge in [0.1, 0.15) is 29.3 Å². The highest BCUT2D eigenvalue weighted by Gasteiger charge is 2.39. The third-order valence-electron chi connectivity index (χ3n) is 4.58. The summed E-state index contributed by atoms with van der Waals surface area (Å²) in [4.78, 5) is 12.5. The second kappa shape index (κ2) is 7.74. The van der Waals surface area contributed by atoms with Gasteiger partial charge in [0.2, 0.25) is 0 Å². The van der Waals surface area contributed by atoms with Gasteiger partial charge in [-0.25, -0.2) is 4.79 Å². The lowest BCUT2D eigenvalue weighted by Gasteiger charge is -2.16. The number of carbonyl (C=O) groups is 1. The predicted octanol–water partition coefficient (Wildman–Crippen LogP) is 3.92. The fourth-order valence-electron chi connectivity index (χ4n) is 3.40. The van der Waals surface area contributed by atoms with Crippen LogP contribution in [0.3, 0.4) is 0 Å². The molecule has 0 unspecified atom stereocenters. The molecule has 2 heterocycles. The van der Waals surface area contributed by atoms with E-state index in [4.69, 9.17) is 14.2 Å². The van der Waals surface area contributed by atoms with Crippen LogP contribution in [0, 0.1) is 0 Å². The number of cyclic esters (lactones) is 1. The SMILES string of the molecule is C[C@H]1C/C=C/[C@H]2OC(C)(C)O[C@H]2CC/C=C/c2cc(O)cc(O)c2C(=O)O1. The lowest BCUT2D eigenvalue weighted by molar-refractivity contribution is -0.143. The molecule has 2 N–H and O–H groups in total. The van der Waals surface area contributed by atoms with Crippen molar-refractivity contribution >= 4 is 12.0 Å². The maximum atomic E-state index is 12.5. The van der Waals surface area contributed by atoms with Gasteiger partial charge in [-0.05, 0) is 45.2 Å². The van der Waals surface area contributed by atoms with Gasteiger partial charge >= 0.3 is 5.97 Å². The van der Waals surface area contributed by atoms with Crippen LogP contribution >= 0.6 is 0 Å². The minimum atomic E-state index is -0.639. The van der Waals surface area contributed by atoms with E-state index in [0.717, 1.165) is 12.5 Å². The number of aromatic hydroxyl groups is 2. The van der Waals surface area contributed by atoms with E-state index >= 15 is 0 Å². The van der Waals surface area contributed by atoms with E-state index in [0.29, 0.717) is 18.4 Å². The molecular formula is C21H26O6. The molecule has 146 valence electrons. The van der Waals surface area contributed by atoms with Crippen LogP contribution in [0.25, 0.3) is 6.08 Å². The highest BCUT2D eigenvalue weighted by atomic mass is 16.7. The van der Waals surface area contributed by atoms with Crippen molar-refractivity contribution in [1.29, 1.82) is 0 Å². The zero-order chi connectivity index (χ0) is 19.6. The number of hydrogen-bond acceptors (Lipinski definition) is 6. The highest BCUT2D eigenvalue weighted by Crippen LogP contribution is 2.33. The Kier molecular flexibility index (Phi) is 5.58. The Labute approximate surface area is 159 Å². The average molecular weight is 374 g/mol. The molecule has 0 aromatic heterocycles. The Bertz CT molecular complexity index is 764. The summed E-state index contributed by atoms with van der Waals surface area (Å²) in [5.41, 5.74) is 0.467. The molecule has 2 aliphatic rings. The smallest absolute Gasteiger partial charge is 0.342 e. The van der Waals surface area contributed by atoms with Crippen LogP contribution in [0.1, 0.15) is 56.0 Å². The third-order valence-corrected chi connectivity index (χ3v) is 4.58. The van der Waals surface area contributed by atoms with Crippen molar-refractivity contribution in [3.8, 4) is 11.5 Å². The van der Waals surface area contributed by atoms with Gasteiger partial charge in [0, 0.05) is 12.5 Å². The van der Waals surface area contributed by atoms with Crippen molar-refractivity contribution in [3.05, 3.63) is 41.5 Å². The number of phenolic OH excluding ortho intramolecular Hbond substituents is 2. The molecule has 3 atom stereocenters. The van der Waals surface area contributed by atoms with Gasteiger partial charge in [-0.2, -0.15) is 0 Å². The summed E-state index contributed by atoms with van der Waals surface area (Å²) in [6.45, 7) is 5.57. The number of rotatable bonds is 0. The first-order valence-corrected chi connectivity index (χ1v) is 9.21. The van der Waals surface area contributed by atoms with E-state index in [1.807, 2.05) is 32.1 Å². The van der Waals surface area contributed by atoms with Crippen LogP contribution in [0.15, 0.2) is 30.4 Å². The van der Waals surface area contributed by atoms with Crippen LogP contribution < -0.4 is 0 Å². The third kappa shape index (κ3) is 4.70. The minimum Gasteiger partial charge on any atom is -0.508 e. The molecule has 0 spiro atoms. The maximum Gasteiger partial charge on any atom is 0.342 e. The van der Waals surface area contributed by atoms with Crippen LogP contribution in [0.4, 0.5) is 0 Å². The van der Waals surface area contributed by atoms with Gasteiger partial charge in [0.15, 0.2) is 5.79 Å². The number of ether oxygens (including phenoxy) is 3. The minimum absolute atomic E-state index is 0.0522. The van der Waals surface area contributed by atoms with E-state index in [2.05, 4.69) is 0 Å². The summed E-state index contributed by atoms with van der Waals surface area (Å²) in [6, 6.07) is 2.57. The van der Waals surface area contributed by atoms with Crippen LogP contribution in [0.2, 0.25) is 0 Å². The molecule has 6 nitrogen and oxygen atoms in total. The predicted molar refractivity (Wildman–Crippen MR) is 100 cm³/mol. The first kappa shape index (κ1) is 19.5. The van der Waals surface area contributed by atoms with E-state index in [1.54, 1.807) is 13.0 Å². The average Bonchev–Trinajstić information content (AvgIpc) is 2.84. The summed E-state index contributed by atoms with van der Waals surface area (Å²) in [5, 5.41) is 19.9. The molecule has 2 aliphatic heterocycles. The molecule has 1 fully saturated rings. The fourth-order valence-corrected chi connectivity index (χ4v) is 3.40. The van der Waals surface area contributed by atoms with E-state index in [-0.39, 0.29) is 35.4 Å². The second-order valence-corrected chi connectivity index (χ2v) is 7.43. The van der Waals surface area contributed by atoms with Crippen molar-refractivity contribution in [2.24, 2.45) is 0 Å². The van der Waals surface area contributed by atoms with E-state index in [9.17, 15) is 15.0 Å². The Hall–Kier alpha value is -2.31. The summed E-state index contributed by atoms with van der Waals surface area (Å²) in [6.07, 6.45) is 8.83. The highest BCUT2D eigenvalue weighted by molar-refractivity contribution is 5.97. The molecule has 3 rings (SSSR count). The fraction of sp³-hybridized carbons (Fsp3) is 0.476. The van der Waals surface area contributed by atoms with Crippen LogP contribution in [-0.2, 0) is 14.2 Å². The topological polar surface area (TPSA) is 85.2 Å². The molecule has 0 radical (unpaired) electrons. The zero-order valence-corrected chi connectivity index (χ0v) is 15.8. The van der Waals surface area contributed by atoms with Crippen LogP contribution in [0.5, 0.6) is 11.5 Å². The Morgan fingerprint density at radius 1 is 1.15 bits per heavy atom. The van der Waals surface area contributed by atoms with Gasteiger partial charge in [-0.1, -0.05) is 24.3 Å². The lowest BCUT2D eigenvalue weighted by Crippen LogP contribution is -2.21. The van der Waals surface area contributed by atoms with Gasteiger partial charge in [-0.3, -0.25) is 0 Å². The molecule has 6 heteroatoms. The summed E-state index contributed by atoms with van der Waals surface area (Å²) < 4.78 is 17.4. The lowest BCUT2D eigenvalue weighted by atomic mass is 10.0.